The molecule has 11 heteroatoms. The van der Waals surface area contributed by atoms with Crippen LogP contribution < -0.4 is 49.2 Å². The third-order valence-electron chi connectivity index (χ3n) is 14.0. The molecule has 0 radical (unpaired) electrons. The Labute approximate surface area is 355 Å². The minimum absolute atomic E-state index is 1.19. The highest BCUT2D eigenvalue weighted by Gasteiger charge is 2.24. The van der Waals surface area contributed by atoms with Crippen LogP contribution in [0.1, 0.15) is 0 Å². The van der Waals surface area contributed by atoms with Gasteiger partial charge in [0.2, 0.25) is 0 Å². The number of para-hydroxylation sites is 3. The van der Waals surface area contributed by atoms with E-state index in [-0.39, 0.29) is 0 Å². The fraction of sp³-hybridized carbons (Fsp3) is 0. The Morgan fingerprint density at radius 1 is 0.288 bits per heavy atom. The normalized spacial score (nSPS) is 11.7. The van der Waals surface area contributed by atoms with Gasteiger partial charge in [-0.15, -0.1) is 16.4 Å². The van der Waals surface area contributed by atoms with Crippen molar-refractivity contribution in [3.63, 3.8) is 0 Å². The van der Waals surface area contributed by atoms with Crippen LogP contribution in [-0.4, -0.2) is 79.8 Å². The van der Waals surface area contributed by atoms with E-state index in [0.717, 1.165) is 0 Å². The molecule has 0 unspecified atom stereocenters. The molecule has 0 amide bonds. The zero-order valence-electron chi connectivity index (χ0n) is 35.7. The minimum atomic E-state index is 1.19. The number of aromatic nitrogens is 2. The number of nitrogens with zero attached hydrogens (tertiary/aromatic N) is 2. The number of fused-ring (bicyclic) bond motifs is 6. The summed E-state index contributed by atoms with van der Waals surface area (Å²) in [4.78, 5) is 0. The number of hydrogen-bond acceptors (Lipinski definition) is 0. The molecule has 0 aliphatic rings. The molecule has 8 aromatic carbocycles. The average molecular weight is 743 g/mol. The first-order chi connectivity index (χ1) is 28.6. The first-order valence-electron chi connectivity index (χ1n) is 21.0. The summed E-state index contributed by atoms with van der Waals surface area (Å²) in [5.74, 6) is 0. The Morgan fingerprint density at radius 3 is 1.25 bits per heavy atom. The Kier molecular flexibility index (Phi) is 8.87. The van der Waals surface area contributed by atoms with Gasteiger partial charge < -0.3 is 9.13 Å². The zero-order chi connectivity index (χ0) is 40.9. The summed E-state index contributed by atoms with van der Waals surface area (Å²) >= 11 is 0. The second-order valence-corrected chi connectivity index (χ2v) is 16.8. The first-order valence-corrected chi connectivity index (χ1v) is 21.0. The van der Waals surface area contributed by atoms with Crippen LogP contribution in [0.15, 0.2) is 140 Å². The SMILES string of the molecule is Bc1c(B)c(B)c(-c2c(B)c(B)c(-n3c4ccccc4c4cc(-c5ccc6c(c5)c5ccccc5n6-c5ccccc5-c5ccccc5)ccc43)c(B)c2B)c(B)c1B. The predicted molar refractivity (Wildman–Crippen MR) is 285 cm³/mol. The fourth-order valence-corrected chi connectivity index (χ4v) is 10.2. The highest BCUT2D eigenvalue weighted by Crippen LogP contribution is 2.39. The molecule has 2 aromatic heterocycles. The molecule has 10 rings (SSSR count). The largest absolute Gasteiger partial charge is 0.310 e. The third-order valence-corrected chi connectivity index (χ3v) is 14.0. The van der Waals surface area contributed by atoms with E-state index in [1.807, 2.05) is 0 Å². The van der Waals surface area contributed by atoms with Crippen molar-refractivity contribution < 1.29 is 0 Å². The van der Waals surface area contributed by atoms with Crippen LogP contribution >= 0.6 is 0 Å². The smallest absolute Gasteiger partial charge is 0.141 e. The van der Waals surface area contributed by atoms with E-state index in [1.54, 1.807) is 0 Å². The van der Waals surface area contributed by atoms with Crippen molar-refractivity contribution in [1.82, 2.24) is 9.13 Å². The lowest BCUT2D eigenvalue weighted by Crippen LogP contribution is -2.57. The summed E-state index contributed by atoms with van der Waals surface area (Å²) in [5, 5.41) is 5.05. The van der Waals surface area contributed by atoms with Crippen molar-refractivity contribution in [3.8, 4) is 44.8 Å². The summed E-state index contributed by atoms with van der Waals surface area (Å²) in [6.45, 7) is 0. The van der Waals surface area contributed by atoms with Crippen molar-refractivity contribution in [1.29, 1.82) is 0 Å². The monoisotopic (exact) mass is 744 g/mol. The van der Waals surface area contributed by atoms with Crippen molar-refractivity contribution in [2.24, 2.45) is 0 Å². The maximum Gasteiger partial charge on any atom is 0.141 e. The van der Waals surface area contributed by atoms with Gasteiger partial charge in [-0.25, -0.2) is 0 Å². The molecule has 0 fully saturated rings. The predicted octanol–water partition coefficient (Wildman–Crippen LogP) is -2.79. The van der Waals surface area contributed by atoms with Gasteiger partial charge in [0, 0.05) is 32.8 Å². The van der Waals surface area contributed by atoms with Crippen LogP contribution in [0.5, 0.6) is 0 Å². The molecule has 0 N–H and O–H groups in total. The van der Waals surface area contributed by atoms with Crippen LogP contribution in [-0.2, 0) is 0 Å². The van der Waals surface area contributed by atoms with Crippen molar-refractivity contribution in [2.45, 2.75) is 0 Å². The molecular formula is C48H41B9N2. The fourth-order valence-electron chi connectivity index (χ4n) is 10.2. The van der Waals surface area contributed by atoms with Crippen LogP contribution in [0.3, 0.4) is 0 Å². The topological polar surface area (TPSA) is 9.86 Å². The molecule has 0 aliphatic carbocycles. The Hall–Kier alpha value is -6.06. The van der Waals surface area contributed by atoms with Crippen LogP contribution in [0.2, 0.25) is 0 Å². The third kappa shape index (κ3) is 5.54. The second kappa shape index (κ2) is 14.1. The van der Waals surface area contributed by atoms with Gasteiger partial charge in [-0.3, -0.25) is 0 Å². The molecule has 0 bridgehead atoms. The highest BCUT2D eigenvalue weighted by atomic mass is 15.0. The summed E-state index contributed by atoms with van der Waals surface area (Å²) in [5.41, 5.74) is 27.4. The molecule has 10 aromatic rings. The van der Waals surface area contributed by atoms with Gasteiger partial charge >= 0.3 is 0 Å². The van der Waals surface area contributed by atoms with E-state index in [0.29, 0.717) is 0 Å². The first kappa shape index (κ1) is 37.2. The summed E-state index contributed by atoms with van der Waals surface area (Å²) in [6.07, 6.45) is 0. The Bertz CT molecular complexity index is 3330. The average Bonchev–Trinajstić information content (AvgIpc) is 3.78. The number of benzene rings is 8. The number of rotatable bonds is 5. The van der Waals surface area contributed by atoms with Crippen LogP contribution in [0.25, 0.3) is 88.4 Å². The zero-order valence-corrected chi connectivity index (χ0v) is 35.7. The van der Waals surface area contributed by atoms with Crippen LogP contribution in [0.4, 0.5) is 0 Å². The summed E-state index contributed by atoms with van der Waals surface area (Å²) in [6, 6.07) is 51.4. The standard InChI is InChI=1S/C48H41B9N2/c49-39-37(40(50)44(54)45(55)43(39)53)38-41(51)46(56)48(47(57)42(38)52)59-34-17-9-6-14-29(34)31-23-26(19-21-36(31)59)25-18-20-35-30(22-25)28-13-5-8-16-33(28)58(35)32-15-7-4-12-27(32)24-10-2-1-3-11-24/h1-23H,49-57H2. The van der Waals surface area contributed by atoms with Gasteiger partial charge in [-0.05, 0) is 70.3 Å². The van der Waals surface area contributed by atoms with E-state index >= 15 is 0 Å². The lowest BCUT2D eigenvalue weighted by molar-refractivity contribution is 1.18. The van der Waals surface area contributed by atoms with E-state index < -0.39 is 0 Å². The van der Waals surface area contributed by atoms with Gasteiger partial charge in [-0.2, -0.15) is 0 Å². The van der Waals surface area contributed by atoms with Crippen molar-refractivity contribution >= 4 is 163 Å². The molecule has 0 saturated heterocycles. The molecule has 0 saturated carbocycles. The molecule has 0 atom stereocenters. The molecule has 2 heterocycles. The minimum Gasteiger partial charge on any atom is -0.310 e. The van der Waals surface area contributed by atoms with E-state index in [2.05, 4.69) is 219 Å². The quantitative estimate of drug-likeness (QED) is 0.169. The van der Waals surface area contributed by atoms with Gasteiger partial charge in [0.05, 0.1) is 27.8 Å². The molecular weight excluding hydrogens is 702 g/mol. The van der Waals surface area contributed by atoms with E-state index in [9.17, 15) is 0 Å². The molecule has 270 valence electrons. The lowest BCUT2D eigenvalue weighted by Gasteiger charge is -2.28. The Morgan fingerprint density at radius 2 is 0.695 bits per heavy atom. The maximum atomic E-state index is 2.54. The number of hydrogen-bond donors (Lipinski definition) is 0. The molecule has 0 aliphatic heterocycles. The van der Waals surface area contributed by atoms with Crippen LogP contribution in [0, 0.1) is 0 Å². The van der Waals surface area contributed by atoms with Gasteiger partial charge in [0.15, 0.2) is 0 Å². The van der Waals surface area contributed by atoms with Crippen molar-refractivity contribution in [2.75, 3.05) is 0 Å². The maximum absolute atomic E-state index is 2.54. The van der Waals surface area contributed by atoms with E-state index in [1.165, 1.54) is 138 Å². The highest BCUT2D eigenvalue weighted by molar-refractivity contribution is 6.70. The Balaban J connectivity index is 1.15. The van der Waals surface area contributed by atoms with Gasteiger partial charge in [0.25, 0.3) is 0 Å². The molecule has 0 spiro atoms. The summed E-state index contributed by atoms with van der Waals surface area (Å²) in [7, 11) is 20.8. The van der Waals surface area contributed by atoms with Gasteiger partial charge in [0.1, 0.15) is 70.6 Å². The van der Waals surface area contributed by atoms with Gasteiger partial charge in [-0.1, -0.05) is 130 Å². The second-order valence-electron chi connectivity index (χ2n) is 16.8. The molecule has 59 heavy (non-hydrogen) atoms. The molecule has 2 nitrogen and oxygen atoms in total. The summed E-state index contributed by atoms with van der Waals surface area (Å²) < 4.78 is 4.98. The van der Waals surface area contributed by atoms with E-state index in [4.69, 9.17) is 0 Å². The lowest BCUT2D eigenvalue weighted by atomic mass is 9.56. The van der Waals surface area contributed by atoms with Crippen molar-refractivity contribution in [3.05, 3.63) is 140 Å².